The van der Waals surface area contributed by atoms with Gasteiger partial charge < -0.3 is 4.74 Å². The summed E-state index contributed by atoms with van der Waals surface area (Å²) in [4.78, 5) is 5.25. The third-order valence-electron chi connectivity index (χ3n) is 3.35. The van der Waals surface area contributed by atoms with Gasteiger partial charge in [-0.05, 0) is 30.7 Å². The molecule has 0 atom stereocenters. The summed E-state index contributed by atoms with van der Waals surface area (Å²) in [5.41, 5.74) is 2.36. The molecule has 7 heteroatoms. The van der Waals surface area contributed by atoms with E-state index in [1.165, 1.54) is 17.4 Å². The molecule has 114 valence electrons. The number of aryl methyl sites for hydroxylation is 1. The number of nitrogens with one attached hydrogen (secondary N) is 1. The van der Waals surface area contributed by atoms with Crippen molar-refractivity contribution >= 4 is 21.6 Å². The molecular weight excluding hydrogens is 315 g/mol. The molecule has 0 bridgehead atoms. The van der Waals surface area contributed by atoms with Crippen LogP contribution in [0, 0.1) is 12.7 Å². The largest absolute Gasteiger partial charge is 0.453 e. The highest BCUT2D eigenvalue weighted by Gasteiger charge is 2.13. The molecule has 0 aliphatic heterocycles. The molecule has 0 unspecified atom stereocenters. The van der Waals surface area contributed by atoms with Gasteiger partial charge in [-0.3, -0.25) is 4.98 Å². The number of benzene rings is 1. The van der Waals surface area contributed by atoms with Crippen LogP contribution in [0.25, 0.3) is 20.8 Å². The third-order valence-corrected chi connectivity index (χ3v) is 4.51. The minimum absolute atomic E-state index is 0.194. The number of aromatic nitrogens is 4. The Labute approximate surface area is 134 Å². The summed E-state index contributed by atoms with van der Waals surface area (Å²) in [6.45, 7) is 1.83. The van der Waals surface area contributed by atoms with Gasteiger partial charge in [0.2, 0.25) is 0 Å². The number of hydrogen-bond acceptors (Lipinski definition) is 5. The summed E-state index contributed by atoms with van der Waals surface area (Å²) in [5.74, 6) is 0.375. The molecule has 0 aliphatic carbocycles. The van der Waals surface area contributed by atoms with Gasteiger partial charge in [0.25, 0.3) is 0 Å². The van der Waals surface area contributed by atoms with Crippen molar-refractivity contribution in [1.82, 2.24) is 20.4 Å². The summed E-state index contributed by atoms with van der Waals surface area (Å²) >= 11 is 1.48. The Balaban J connectivity index is 1.78. The summed E-state index contributed by atoms with van der Waals surface area (Å²) < 4.78 is 20.6. The molecule has 3 aromatic heterocycles. The lowest BCUT2D eigenvalue weighted by atomic mass is 10.2. The number of rotatable bonds is 3. The molecule has 1 aromatic carbocycles. The van der Waals surface area contributed by atoms with E-state index in [1.807, 2.05) is 19.1 Å². The van der Waals surface area contributed by atoms with Gasteiger partial charge in [-0.25, -0.2) is 4.39 Å². The van der Waals surface area contributed by atoms with Gasteiger partial charge in [0.05, 0.1) is 21.3 Å². The maximum Gasteiger partial charge on any atom is 0.165 e. The van der Waals surface area contributed by atoms with E-state index in [1.54, 1.807) is 24.5 Å². The Bertz CT molecular complexity index is 981. The molecule has 0 radical (unpaired) electrons. The van der Waals surface area contributed by atoms with Crippen LogP contribution in [0.1, 0.15) is 5.56 Å². The highest BCUT2D eigenvalue weighted by Crippen LogP contribution is 2.38. The molecule has 4 rings (SSSR count). The summed E-state index contributed by atoms with van der Waals surface area (Å²) in [6, 6.07) is 8.53. The van der Waals surface area contributed by atoms with Crippen LogP contribution < -0.4 is 4.74 Å². The minimum atomic E-state index is -0.386. The molecular formula is C16H11FN4OS. The monoisotopic (exact) mass is 326 g/mol. The second kappa shape index (κ2) is 5.44. The average molecular weight is 326 g/mol. The van der Waals surface area contributed by atoms with Crippen molar-refractivity contribution in [3.63, 3.8) is 0 Å². The fraction of sp³-hybridized carbons (Fsp3) is 0.0625. The van der Waals surface area contributed by atoms with Gasteiger partial charge in [0, 0.05) is 12.3 Å². The van der Waals surface area contributed by atoms with Crippen molar-refractivity contribution in [2.45, 2.75) is 6.92 Å². The van der Waals surface area contributed by atoms with Crippen molar-refractivity contribution in [3.05, 3.63) is 54.1 Å². The first-order valence-corrected chi connectivity index (χ1v) is 7.71. The zero-order valence-electron chi connectivity index (χ0n) is 12.1. The van der Waals surface area contributed by atoms with Crippen molar-refractivity contribution in [2.24, 2.45) is 0 Å². The number of halogens is 1. The average Bonchev–Trinajstić information content (AvgIpc) is 3.18. The van der Waals surface area contributed by atoms with Crippen molar-refractivity contribution < 1.29 is 9.13 Å². The smallest absolute Gasteiger partial charge is 0.165 e. The molecule has 3 heterocycles. The molecule has 0 saturated heterocycles. The quantitative estimate of drug-likeness (QED) is 0.609. The first kappa shape index (κ1) is 13.8. The van der Waals surface area contributed by atoms with Crippen LogP contribution in [0.2, 0.25) is 0 Å². The van der Waals surface area contributed by atoms with Crippen LogP contribution in [-0.4, -0.2) is 20.4 Å². The number of ether oxygens (including phenoxy) is 1. The van der Waals surface area contributed by atoms with E-state index in [-0.39, 0.29) is 11.6 Å². The Hall–Kier alpha value is -2.80. The van der Waals surface area contributed by atoms with Gasteiger partial charge in [-0.15, -0.1) is 11.3 Å². The second-order valence-electron chi connectivity index (χ2n) is 5.03. The van der Waals surface area contributed by atoms with Crippen LogP contribution in [0.3, 0.4) is 0 Å². The van der Waals surface area contributed by atoms with E-state index < -0.39 is 0 Å². The molecule has 5 nitrogen and oxygen atoms in total. The SMILES string of the molecule is Cc1ccc(Oc2ccnc3cc(-c4cn[nH]n4)sc23)c(F)c1. The Morgan fingerprint density at radius 1 is 1.17 bits per heavy atom. The Morgan fingerprint density at radius 3 is 2.87 bits per heavy atom. The molecule has 0 aliphatic rings. The van der Waals surface area contributed by atoms with Crippen LogP contribution in [0.15, 0.2) is 42.7 Å². The minimum Gasteiger partial charge on any atom is -0.453 e. The standard InChI is InChI=1S/C16H11FN4OS/c1-9-2-3-13(10(17)6-9)22-14-4-5-18-11-7-15(23-16(11)14)12-8-19-21-20-12/h2-8H,1H3,(H,19,20,21). The van der Waals surface area contributed by atoms with Crippen LogP contribution in [-0.2, 0) is 0 Å². The summed E-state index contributed by atoms with van der Waals surface area (Å²) in [6.07, 6.45) is 3.29. The van der Waals surface area contributed by atoms with Crippen molar-refractivity contribution in [1.29, 1.82) is 0 Å². The molecule has 0 fully saturated rings. The van der Waals surface area contributed by atoms with E-state index in [0.717, 1.165) is 26.4 Å². The summed E-state index contributed by atoms with van der Waals surface area (Å²) in [7, 11) is 0. The number of H-pyrrole nitrogens is 1. The number of aromatic amines is 1. The van der Waals surface area contributed by atoms with Gasteiger partial charge in [0.1, 0.15) is 11.4 Å². The highest BCUT2D eigenvalue weighted by atomic mass is 32.1. The first-order chi connectivity index (χ1) is 11.2. The number of fused-ring (bicyclic) bond motifs is 1. The number of pyridine rings is 1. The predicted octanol–water partition coefficient (Wildman–Crippen LogP) is 4.32. The maximum atomic E-state index is 14.0. The van der Waals surface area contributed by atoms with E-state index in [0.29, 0.717) is 5.75 Å². The molecule has 0 spiro atoms. The normalized spacial score (nSPS) is 11.0. The lowest BCUT2D eigenvalue weighted by molar-refractivity contribution is 0.446. The fourth-order valence-corrected chi connectivity index (χ4v) is 3.27. The predicted molar refractivity (Wildman–Crippen MR) is 86.2 cm³/mol. The molecule has 4 aromatic rings. The van der Waals surface area contributed by atoms with Gasteiger partial charge in [-0.1, -0.05) is 6.07 Å². The van der Waals surface area contributed by atoms with E-state index >= 15 is 0 Å². The van der Waals surface area contributed by atoms with Crippen molar-refractivity contribution in [2.75, 3.05) is 0 Å². The van der Waals surface area contributed by atoms with E-state index in [9.17, 15) is 4.39 Å². The molecule has 23 heavy (non-hydrogen) atoms. The van der Waals surface area contributed by atoms with Crippen LogP contribution in [0.4, 0.5) is 4.39 Å². The van der Waals surface area contributed by atoms with Gasteiger partial charge in [-0.2, -0.15) is 15.4 Å². The zero-order valence-corrected chi connectivity index (χ0v) is 12.9. The molecule has 0 amide bonds. The maximum absolute atomic E-state index is 14.0. The van der Waals surface area contributed by atoms with Crippen LogP contribution >= 0.6 is 11.3 Å². The fourth-order valence-electron chi connectivity index (χ4n) is 2.25. The summed E-state index contributed by atoms with van der Waals surface area (Å²) in [5, 5.41) is 10.5. The number of nitrogens with zero attached hydrogens (tertiary/aromatic N) is 3. The number of hydrogen-bond donors (Lipinski definition) is 1. The topological polar surface area (TPSA) is 63.7 Å². The lowest BCUT2D eigenvalue weighted by Gasteiger charge is -2.07. The zero-order chi connectivity index (χ0) is 15.8. The van der Waals surface area contributed by atoms with Gasteiger partial charge >= 0.3 is 0 Å². The lowest BCUT2D eigenvalue weighted by Crippen LogP contribution is -1.89. The van der Waals surface area contributed by atoms with Gasteiger partial charge in [0.15, 0.2) is 11.6 Å². The molecule has 1 N–H and O–H groups in total. The first-order valence-electron chi connectivity index (χ1n) is 6.89. The van der Waals surface area contributed by atoms with Crippen LogP contribution in [0.5, 0.6) is 11.5 Å². The van der Waals surface area contributed by atoms with E-state index in [4.69, 9.17) is 4.74 Å². The third kappa shape index (κ3) is 2.55. The van der Waals surface area contributed by atoms with E-state index in [2.05, 4.69) is 20.4 Å². The Kier molecular flexibility index (Phi) is 3.27. The molecule has 0 saturated carbocycles. The Morgan fingerprint density at radius 2 is 2.09 bits per heavy atom. The van der Waals surface area contributed by atoms with Crippen molar-refractivity contribution in [3.8, 4) is 22.1 Å². The second-order valence-corrected chi connectivity index (χ2v) is 6.08. The number of thiophene rings is 1. The highest BCUT2D eigenvalue weighted by molar-refractivity contribution is 7.22.